The summed E-state index contributed by atoms with van der Waals surface area (Å²) in [5.74, 6) is 0.0324. The number of carbonyl (C=O) groups is 1. The maximum atomic E-state index is 11.6. The second-order valence-electron chi connectivity index (χ2n) is 4.49. The molecule has 1 amide bonds. The average Bonchev–Trinajstić information content (AvgIpc) is 2.87. The van der Waals surface area contributed by atoms with Gasteiger partial charge in [-0.1, -0.05) is 12.1 Å². The molecule has 3 rings (SSSR count). The molecular weight excluding hydrogens is 216 g/mol. The van der Waals surface area contributed by atoms with E-state index < -0.39 is 6.10 Å². The molecule has 1 aliphatic heterocycles. The molecule has 4 heteroatoms. The zero-order valence-corrected chi connectivity index (χ0v) is 9.39. The number of hydrogen-bond donors (Lipinski definition) is 2. The molecule has 0 bridgehead atoms. The highest BCUT2D eigenvalue weighted by Gasteiger charge is 2.27. The molecule has 1 aromatic carbocycles. The van der Waals surface area contributed by atoms with Crippen LogP contribution in [-0.2, 0) is 11.3 Å². The molecule has 1 atom stereocenters. The third-order valence-electron chi connectivity index (χ3n) is 3.24. The van der Waals surface area contributed by atoms with Crippen LogP contribution in [0.1, 0.15) is 12.0 Å². The Hall–Kier alpha value is -1.81. The number of nitrogens with one attached hydrogen (secondary N) is 1. The second-order valence-corrected chi connectivity index (χ2v) is 4.49. The van der Waals surface area contributed by atoms with Crippen molar-refractivity contribution < 1.29 is 9.90 Å². The summed E-state index contributed by atoms with van der Waals surface area (Å²) in [6.45, 7) is 1.02. The molecular formula is C13H14N2O2. The highest BCUT2D eigenvalue weighted by molar-refractivity contribution is 5.84. The Morgan fingerprint density at radius 1 is 1.41 bits per heavy atom. The Morgan fingerprint density at radius 2 is 2.29 bits per heavy atom. The van der Waals surface area contributed by atoms with E-state index in [4.69, 9.17) is 0 Å². The first-order valence-electron chi connectivity index (χ1n) is 5.75. The summed E-state index contributed by atoms with van der Waals surface area (Å²) >= 11 is 0. The Balaban J connectivity index is 1.90. The Bertz CT molecular complexity index is 561. The first-order valence-corrected chi connectivity index (χ1v) is 5.75. The van der Waals surface area contributed by atoms with Crippen molar-refractivity contribution in [2.75, 3.05) is 6.54 Å². The minimum Gasteiger partial charge on any atom is -0.391 e. The molecule has 2 N–H and O–H groups in total. The van der Waals surface area contributed by atoms with Gasteiger partial charge in [0.15, 0.2) is 0 Å². The van der Waals surface area contributed by atoms with Crippen molar-refractivity contribution in [2.24, 2.45) is 0 Å². The van der Waals surface area contributed by atoms with E-state index in [2.05, 4.69) is 4.98 Å². The summed E-state index contributed by atoms with van der Waals surface area (Å²) in [5.41, 5.74) is 2.20. The molecule has 1 aliphatic rings. The molecule has 1 saturated heterocycles. The first-order chi connectivity index (χ1) is 8.24. The summed E-state index contributed by atoms with van der Waals surface area (Å²) in [5, 5.41) is 10.6. The van der Waals surface area contributed by atoms with Crippen molar-refractivity contribution in [1.29, 1.82) is 0 Å². The second kappa shape index (κ2) is 3.89. The van der Waals surface area contributed by atoms with Crippen molar-refractivity contribution in [2.45, 2.75) is 19.1 Å². The average molecular weight is 230 g/mol. The van der Waals surface area contributed by atoms with Gasteiger partial charge in [-0.3, -0.25) is 4.79 Å². The van der Waals surface area contributed by atoms with Gasteiger partial charge in [0.2, 0.25) is 5.91 Å². The van der Waals surface area contributed by atoms with Crippen LogP contribution < -0.4 is 0 Å². The van der Waals surface area contributed by atoms with Crippen LogP contribution in [0.2, 0.25) is 0 Å². The number of aliphatic hydroxyl groups is 1. The molecule has 1 aromatic heterocycles. The number of β-amino-alcohol motifs (C(OH)–C–C–N with tert-alkyl or cyclic N) is 1. The van der Waals surface area contributed by atoms with Gasteiger partial charge in [-0.05, 0) is 17.7 Å². The first kappa shape index (κ1) is 10.4. The number of likely N-dealkylation sites (tertiary alicyclic amines) is 1. The number of aliphatic hydroxyl groups excluding tert-OH is 1. The zero-order chi connectivity index (χ0) is 11.8. The minimum atomic E-state index is -0.507. The number of nitrogens with zero attached hydrogens (tertiary/aromatic N) is 1. The smallest absolute Gasteiger partial charge is 0.225 e. The highest BCUT2D eigenvalue weighted by Crippen LogP contribution is 2.21. The molecule has 0 spiro atoms. The fourth-order valence-electron chi connectivity index (χ4n) is 2.40. The van der Waals surface area contributed by atoms with Crippen molar-refractivity contribution in [3.05, 3.63) is 36.0 Å². The third kappa shape index (κ3) is 1.80. The molecule has 2 heterocycles. The lowest BCUT2D eigenvalue weighted by Gasteiger charge is -2.16. The largest absolute Gasteiger partial charge is 0.391 e. The summed E-state index contributed by atoms with van der Waals surface area (Å²) < 4.78 is 0. The normalized spacial score (nSPS) is 20.4. The fourth-order valence-corrected chi connectivity index (χ4v) is 2.40. The minimum absolute atomic E-state index is 0.0324. The third-order valence-corrected chi connectivity index (χ3v) is 3.24. The van der Waals surface area contributed by atoms with Gasteiger partial charge in [-0.25, -0.2) is 0 Å². The van der Waals surface area contributed by atoms with E-state index >= 15 is 0 Å². The fraction of sp³-hybridized carbons (Fsp3) is 0.308. The number of benzene rings is 1. The summed E-state index contributed by atoms with van der Waals surface area (Å²) in [6, 6.07) is 8.03. The topological polar surface area (TPSA) is 56.3 Å². The highest BCUT2D eigenvalue weighted by atomic mass is 16.3. The summed E-state index contributed by atoms with van der Waals surface area (Å²) in [7, 11) is 0. The van der Waals surface area contributed by atoms with Gasteiger partial charge >= 0.3 is 0 Å². The molecule has 1 fully saturated rings. The Morgan fingerprint density at radius 3 is 3.06 bits per heavy atom. The molecule has 0 aliphatic carbocycles. The van der Waals surface area contributed by atoms with Gasteiger partial charge in [0.05, 0.1) is 12.5 Å². The Kier molecular flexibility index (Phi) is 2.37. The number of aromatic amines is 1. The summed E-state index contributed by atoms with van der Waals surface area (Å²) in [4.78, 5) is 16.5. The van der Waals surface area contributed by atoms with Crippen LogP contribution in [0.4, 0.5) is 0 Å². The molecule has 0 saturated carbocycles. The lowest BCUT2D eigenvalue weighted by Crippen LogP contribution is -2.25. The Labute approximate surface area is 98.9 Å². The SMILES string of the molecule is O=C1CC(O)CN1Cc1cccc2[nH]ccc12. The van der Waals surface area contributed by atoms with E-state index in [9.17, 15) is 9.90 Å². The van der Waals surface area contributed by atoms with E-state index in [0.29, 0.717) is 13.1 Å². The van der Waals surface area contributed by atoms with Crippen LogP contribution in [0.5, 0.6) is 0 Å². The van der Waals surface area contributed by atoms with Gasteiger partial charge in [0.25, 0.3) is 0 Å². The number of hydrogen-bond acceptors (Lipinski definition) is 2. The van der Waals surface area contributed by atoms with Crippen LogP contribution >= 0.6 is 0 Å². The van der Waals surface area contributed by atoms with E-state index in [1.165, 1.54) is 0 Å². The maximum Gasteiger partial charge on any atom is 0.225 e. The van der Waals surface area contributed by atoms with Crippen molar-refractivity contribution in [1.82, 2.24) is 9.88 Å². The number of H-pyrrole nitrogens is 1. The van der Waals surface area contributed by atoms with E-state index in [-0.39, 0.29) is 12.3 Å². The number of amides is 1. The van der Waals surface area contributed by atoms with Crippen LogP contribution in [0.15, 0.2) is 30.5 Å². The number of carbonyl (C=O) groups excluding carboxylic acids is 1. The predicted molar refractivity (Wildman–Crippen MR) is 64.3 cm³/mol. The van der Waals surface area contributed by atoms with Crippen molar-refractivity contribution in [3.63, 3.8) is 0 Å². The molecule has 88 valence electrons. The quantitative estimate of drug-likeness (QED) is 0.816. The number of rotatable bonds is 2. The zero-order valence-electron chi connectivity index (χ0n) is 9.39. The molecule has 4 nitrogen and oxygen atoms in total. The van der Waals surface area contributed by atoms with Gasteiger partial charge in [-0.2, -0.15) is 0 Å². The molecule has 2 aromatic rings. The monoisotopic (exact) mass is 230 g/mol. The van der Waals surface area contributed by atoms with Crippen LogP contribution in [0, 0.1) is 0 Å². The standard InChI is InChI=1S/C13H14N2O2/c16-10-6-13(17)15(8-10)7-9-2-1-3-12-11(9)4-5-14-12/h1-5,10,14,16H,6-8H2. The predicted octanol–water partition coefficient (Wildman–Crippen LogP) is 1.26. The van der Waals surface area contributed by atoms with Crippen LogP contribution in [0.3, 0.4) is 0 Å². The molecule has 1 unspecified atom stereocenters. The van der Waals surface area contributed by atoms with Gasteiger partial charge in [0.1, 0.15) is 0 Å². The lowest BCUT2D eigenvalue weighted by atomic mass is 10.1. The van der Waals surface area contributed by atoms with E-state index in [0.717, 1.165) is 16.5 Å². The van der Waals surface area contributed by atoms with Crippen LogP contribution in [0.25, 0.3) is 10.9 Å². The molecule has 0 radical (unpaired) electrons. The van der Waals surface area contributed by atoms with Gasteiger partial charge < -0.3 is 15.0 Å². The number of fused-ring (bicyclic) bond motifs is 1. The lowest BCUT2D eigenvalue weighted by molar-refractivity contribution is -0.128. The van der Waals surface area contributed by atoms with E-state index in [1.54, 1.807) is 4.90 Å². The maximum absolute atomic E-state index is 11.6. The molecule has 17 heavy (non-hydrogen) atoms. The van der Waals surface area contributed by atoms with E-state index in [1.807, 2.05) is 30.5 Å². The number of aromatic nitrogens is 1. The van der Waals surface area contributed by atoms with Gasteiger partial charge in [-0.15, -0.1) is 0 Å². The van der Waals surface area contributed by atoms with Gasteiger partial charge in [0, 0.05) is 30.2 Å². The van der Waals surface area contributed by atoms with Crippen molar-refractivity contribution in [3.8, 4) is 0 Å². The summed E-state index contributed by atoms with van der Waals surface area (Å²) in [6.07, 6.45) is 1.64. The van der Waals surface area contributed by atoms with Crippen LogP contribution in [-0.4, -0.2) is 33.5 Å². The van der Waals surface area contributed by atoms with Crippen molar-refractivity contribution >= 4 is 16.8 Å².